The molecule has 0 bridgehead atoms. The molecule has 1 heterocycles. The van der Waals surface area contributed by atoms with Gasteiger partial charge in [-0.05, 0) is 30.5 Å². The number of rotatable bonds is 11. The van der Waals surface area contributed by atoms with E-state index < -0.39 is 55.0 Å². The van der Waals surface area contributed by atoms with Gasteiger partial charge in [0.25, 0.3) is 0 Å². The number of aliphatic hydroxyl groups excluding tert-OH is 1. The second-order valence-corrected chi connectivity index (χ2v) is 7.50. The largest absolute Gasteiger partial charge is 0.460 e. The smallest absolute Gasteiger partial charge is 0.302 e. The Balaban J connectivity index is 2.19. The summed E-state index contributed by atoms with van der Waals surface area (Å²) in [6, 6.07) is 7.57. The number of carbonyl (C=O) groups is 1. The van der Waals surface area contributed by atoms with Crippen LogP contribution in [-0.4, -0.2) is 66.6 Å². The van der Waals surface area contributed by atoms with Crippen LogP contribution in [0.5, 0.6) is 0 Å². The number of azide groups is 2. The SMILES string of the molecule is CC(=O)O[C@@H](C)[C@@H](O)[C@@H](C)O[C@H]1O[C@H](CN=[N+]=[N-])[C@@H](OCc2ccccc2)[C@H](F)C1N=[N+]=[N-]. The molecule has 12 nitrogen and oxygen atoms in total. The Morgan fingerprint density at radius 3 is 2.55 bits per heavy atom. The minimum Gasteiger partial charge on any atom is -0.460 e. The lowest BCUT2D eigenvalue weighted by molar-refractivity contribution is -0.278. The van der Waals surface area contributed by atoms with Gasteiger partial charge in [-0.15, -0.1) is 0 Å². The Morgan fingerprint density at radius 2 is 1.94 bits per heavy atom. The van der Waals surface area contributed by atoms with Crippen LogP contribution in [0.4, 0.5) is 4.39 Å². The number of nitrogens with zero attached hydrogens (tertiary/aromatic N) is 6. The zero-order valence-electron chi connectivity index (χ0n) is 18.5. The van der Waals surface area contributed by atoms with Gasteiger partial charge in [0.2, 0.25) is 0 Å². The van der Waals surface area contributed by atoms with Crippen molar-refractivity contribution in [2.75, 3.05) is 6.54 Å². The van der Waals surface area contributed by atoms with Crippen molar-refractivity contribution in [3.05, 3.63) is 56.8 Å². The summed E-state index contributed by atoms with van der Waals surface area (Å²) < 4.78 is 37.6. The summed E-state index contributed by atoms with van der Waals surface area (Å²) in [5.74, 6) is -0.591. The molecule has 1 aromatic carbocycles. The molecule has 1 unspecified atom stereocenters. The summed E-state index contributed by atoms with van der Waals surface area (Å²) in [7, 11) is 0. The topological polar surface area (TPSA) is 172 Å². The summed E-state index contributed by atoms with van der Waals surface area (Å²) in [6.07, 6.45) is -8.73. The maximum Gasteiger partial charge on any atom is 0.302 e. The van der Waals surface area contributed by atoms with Gasteiger partial charge in [0.05, 0.1) is 25.4 Å². The first-order chi connectivity index (χ1) is 15.8. The Labute approximate surface area is 189 Å². The predicted molar refractivity (Wildman–Crippen MR) is 113 cm³/mol. The summed E-state index contributed by atoms with van der Waals surface area (Å²) >= 11 is 0. The van der Waals surface area contributed by atoms with E-state index in [0.29, 0.717) is 0 Å². The molecule has 8 atom stereocenters. The highest BCUT2D eigenvalue weighted by Gasteiger charge is 2.48. The molecule has 1 aliphatic rings. The van der Waals surface area contributed by atoms with Gasteiger partial charge in [-0.2, -0.15) is 0 Å². The molecule has 1 aliphatic heterocycles. The van der Waals surface area contributed by atoms with Crippen LogP contribution in [-0.2, 0) is 30.3 Å². The van der Waals surface area contributed by atoms with E-state index in [2.05, 4.69) is 20.1 Å². The van der Waals surface area contributed by atoms with Gasteiger partial charge in [-0.25, -0.2) is 4.39 Å². The number of aliphatic hydroxyl groups is 1. The monoisotopic (exact) mass is 466 g/mol. The predicted octanol–water partition coefficient (Wildman–Crippen LogP) is 3.34. The van der Waals surface area contributed by atoms with Crippen molar-refractivity contribution in [3.63, 3.8) is 0 Å². The number of carbonyl (C=O) groups excluding carboxylic acids is 1. The third kappa shape index (κ3) is 7.57. The lowest BCUT2D eigenvalue weighted by atomic mass is 9.98. The summed E-state index contributed by atoms with van der Waals surface area (Å²) in [6.45, 7) is 3.91. The molecular formula is C20H27FN6O6. The number of benzene rings is 1. The Kier molecular flexibility index (Phi) is 10.3. The third-order valence-electron chi connectivity index (χ3n) is 5.05. The molecule has 0 amide bonds. The molecule has 0 radical (unpaired) electrons. The molecule has 13 heteroatoms. The number of esters is 1. The van der Waals surface area contributed by atoms with Gasteiger partial charge >= 0.3 is 5.97 Å². The Morgan fingerprint density at radius 1 is 1.24 bits per heavy atom. The highest BCUT2D eigenvalue weighted by molar-refractivity contribution is 5.66. The van der Waals surface area contributed by atoms with Gasteiger partial charge in [-0.3, -0.25) is 4.79 Å². The van der Waals surface area contributed by atoms with E-state index in [0.717, 1.165) is 5.56 Å². The van der Waals surface area contributed by atoms with Crippen molar-refractivity contribution < 1.29 is 33.2 Å². The minimum absolute atomic E-state index is 0.0472. The molecule has 2 rings (SSSR count). The van der Waals surface area contributed by atoms with Crippen LogP contribution in [0.2, 0.25) is 0 Å². The molecule has 1 saturated heterocycles. The molecule has 0 spiro atoms. The normalized spacial score (nSPS) is 27.4. The molecule has 0 saturated carbocycles. The maximum absolute atomic E-state index is 15.5. The lowest BCUT2D eigenvalue weighted by Gasteiger charge is -2.42. The Bertz CT molecular complexity index is 864. The molecule has 1 fully saturated rings. The summed E-state index contributed by atoms with van der Waals surface area (Å²) in [5.41, 5.74) is 18.4. The first-order valence-electron chi connectivity index (χ1n) is 10.3. The standard InChI is InChI=1S/C20H27FN6O6/c1-11(31-13(3)28)18(29)12(2)32-20-17(25-27-23)16(21)19(15(33-20)9-24-26-22)30-10-14-7-5-4-6-8-14/h4-8,11-12,15-20,29H,9-10H2,1-3H3/t11-,12+,15+,16+,17?,18+,19+,20-/m0/s1. The van der Waals surface area contributed by atoms with E-state index in [4.69, 9.17) is 30.0 Å². The van der Waals surface area contributed by atoms with Gasteiger partial charge in [0.15, 0.2) is 6.29 Å². The van der Waals surface area contributed by atoms with Crippen molar-refractivity contribution >= 4 is 5.97 Å². The molecular weight excluding hydrogens is 439 g/mol. The maximum atomic E-state index is 15.5. The van der Waals surface area contributed by atoms with Crippen LogP contribution in [0.1, 0.15) is 26.3 Å². The van der Waals surface area contributed by atoms with Crippen molar-refractivity contribution in [3.8, 4) is 0 Å². The zero-order valence-corrected chi connectivity index (χ0v) is 18.5. The molecule has 1 aromatic rings. The van der Waals surface area contributed by atoms with Crippen LogP contribution < -0.4 is 0 Å². The number of hydrogen-bond acceptors (Lipinski definition) is 8. The summed E-state index contributed by atoms with van der Waals surface area (Å²) in [4.78, 5) is 16.5. The molecule has 33 heavy (non-hydrogen) atoms. The van der Waals surface area contributed by atoms with E-state index in [1.165, 1.54) is 20.8 Å². The van der Waals surface area contributed by atoms with Crippen LogP contribution in [0, 0.1) is 0 Å². The molecule has 0 aliphatic carbocycles. The fourth-order valence-electron chi connectivity index (χ4n) is 3.41. The van der Waals surface area contributed by atoms with E-state index in [1.54, 1.807) is 24.3 Å². The van der Waals surface area contributed by atoms with Gasteiger partial charge in [-0.1, -0.05) is 40.6 Å². The number of halogens is 1. The first kappa shape index (κ1) is 26.3. The zero-order chi connectivity index (χ0) is 24.4. The molecule has 1 N–H and O–H groups in total. The third-order valence-corrected chi connectivity index (χ3v) is 5.05. The van der Waals surface area contributed by atoms with Crippen molar-refractivity contribution in [1.29, 1.82) is 0 Å². The van der Waals surface area contributed by atoms with E-state index in [1.807, 2.05) is 6.07 Å². The van der Waals surface area contributed by atoms with Gasteiger partial charge < -0.3 is 24.1 Å². The summed E-state index contributed by atoms with van der Waals surface area (Å²) in [5, 5.41) is 17.3. The number of hydrogen-bond donors (Lipinski definition) is 1. The van der Waals surface area contributed by atoms with Gasteiger partial charge in [0, 0.05) is 16.7 Å². The second kappa shape index (κ2) is 12.9. The fraction of sp³-hybridized carbons (Fsp3) is 0.650. The van der Waals surface area contributed by atoms with Crippen molar-refractivity contribution in [2.24, 2.45) is 10.2 Å². The van der Waals surface area contributed by atoms with Crippen LogP contribution in [0.3, 0.4) is 0 Å². The van der Waals surface area contributed by atoms with Gasteiger partial charge in [0.1, 0.15) is 30.5 Å². The average Bonchev–Trinajstić information content (AvgIpc) is 2.79. The Hall–Kier alpha value is -2.92. The van der Waals surface area contributed by atoms with Crippen LogP contribution in [0.25, 0.3) is 20.9 Å². The highest BCUT2D eigenvalue weighted by atomic mass is 19.1. The number of ether oxygens (including phenoxy) is 4. The van der Waals surface area contributed by atoms with E-state index in [-0.39, 0.29) is 13.2 Å². The average molecular weight is 466 g/mol. The molecule has 0 aromatic heterocycles. The van der Waals surface area contributed by atoms with E-state index >= 15 is 4.39 Å². The quantitative estimate of drug-likeness (QED) is 0.227. The van der Waals surface area contributed by atoms with E-state index in [9.17, 15) is 9.90 Å². The molecule has 180 valence electrons. The fourth-order valence-corrected chi connectivity index (χ4v) is 3.41. The van der Waals surface area contributed by atoms with Crippen molar-refractivity contribution in [1.82, 2.24) is 0 Å². The first-order valence-corrected chi connectivity index (χ1v) is 10.3. The van der Waals surface area contributed by atoms with Crippen molar-refractivity contribution in [2.45, 2.75) is 76.4 Å². The number of alkyl halides is 1. The van der Waals surface area contributed by atoms with Crippen LogP contribution in [0.15, 0.2) is 40.6 Å². The van der Waals surface area contributed by atoms with Crippen LogP contribution >= 0.6 is 0 Å². The minimum atomic E-state index is -1.86. The lowest BCUT2D eigenvalue weighted by Crippen LogP contribution is -2.58. The second-order valence-electron chi connectivity index (χ2n) is 7.50. The highest BCUT2D eigenvalue weighted by Crippen LogP contribution is 2.31.